The van der Waals surface area contributed by atoms with Crippen LogP contribution in [0.2, 0.25) is 5.02 Å². The van der Waals surface area contributed by atoms with Gasteiger partial charge in [0, 0.05) is 36.4 Å². The van der Waals surface area contributed by atoms with E-state index < -0.39 is 10.9 Å². The number of carbonyl (C=O) groups excluding carboxylic acids is 2. The van der Waals surface area contributed by atoms with Gasteiger partial charge in [-0.3, -0.25) is 14.9 Å². The minimum absolute atomic E-state index is 0.0738. The number of nitro benzene ring substituents is 1. The van der Waals surface area contributed by atoms with E-state index in [0.717, 1.165) is 0 Å². The third-order valence-electron chi connectivity index (χ3n) is 4.04. The molecule has 0 aliphatic rings. The number of H-pyrrole nitrogens is 1. The molecule has 0 saturated heterocycles. The van der Waals surface area contributed by atoms with Gasteiger partial charge in [0.15, 0.2) is 0 Å². The van der Waals surface area contributed by atoms with Crippen LogP contribution < -0.4 is 0 Å². The second kappa shape index (κ2) is 7.57. The number of methoxy groups -OCH3 is 1. The van der Waals surface area contributed by atoms with Crippen molar-refractivity contribution in [3.05, 3.63) is 61.4 Å². The van der Waals surface area contributed by atoms with Crippen molar-refractivity contribution in [3.63, 3.8) is 0 Å². The Kier molecular flexibility index (Phi) is 5.66. The Bertz CT molecular complexity index is 891. The first kappa shape index (κ1) is 19.5. The van der Waals surface area contributed by atoms with Crippen molar-refractivity contribution >= 4 is 29.2 Å². The molecule has 8 nitrogen and oxygen atoms in total. The number of hydrogen-bond acceptors (Lipinski definition) is 5. The van der Waals surface area contributed by atoms with Crippen LogP contribution in [0.5, 0.6) is 0 Å². The maximum atomic E-state index is 12.7. The molecule has 2 aromatic rings. The second-order valence-corrected chi connectivity index (χ2v) is 6.22. The van der Waals surface area contributed by atoms with E-state index in [4.69, 9.17) is 16.3 Å². The van der Waals surface area contributed by atoms with E-state index >= 15 is 0 Å². The highest BCUT2D eigenvalue weighted by molar-refractivity contribution is 6.31. The Morgan fingerprint density at radius 3 is 2.58 bits per heavy atom. The number of nitro groups is 1. The van der Waals surface area contributed by atoms with Gasteiger partial charge in [-0.05, 0) is 31.0 Å². The SMILES string of the molecule is COC(=O)c1c(C)[nH]c(C(=O)N(C)Cc2cc([N+](=O)[O-])ccc2Cl)c1C. The number of halogens is 1. The molecular weight excluding hydrogens is 362 g/mol. The lowest BCUT2D eigenvalue weighted by Crippen LogP contribution is -2.27. The summed E-state index contributed by atoms with van der Waals surface area (Å²) in [5.41, 5.74) is 1.93. The number of carbonyl (C=O) groups is 2. The third kappa shape index (κ3) is 3.70. The van der Waals surface area contributed by atoms with Gasteiger partial charge in [0.2, 0.25) is 0 Å². The molecule has 0 unspecified atom stereocenters. The van der Waals surface area contributed by atoms with E-state index in [1.165, 1.54) is 30.2 Å². The largest absolute Gasteiger partial charge is 0.465 e. The standard InChI is InChI=1S/C17H18ClN3O5/c1-9-14(17(23)26-4)10(2)19-15(9)16(22)20(3)8-11-7-12(21(24)25)5-6-13(11)18/h5-7,19H,8H2,1-4H3. The van der Waals surface area contributed by atoms with E-state index in [2.05, 4.69) is 4.98 Å². The Labute approximate surface area is 154 Å². The monoisotopic (exact) mass is 379 g/mol. The zero-order chi connectivity index (χ0) is 19.6. The highest BCUT2D eigenvalue weighted by atomic mass is 35.5. The lowest BCUT2D eigenvalue weighted by atomic mass is 10.1. The fraction of sp³-hybridized carbons (Fsp3) is 0.294. The van der Waals surface area contributed by atoms with Crippen LogP contribution in [-0.4, -0.2) is 40.8 Å². The quantitative estimate of drug-likeness (QED) is 0.487. The van der Waals surface area contributed by atoms with Crippen LogP contribution in [-0.2, 0) is 11.3 Å². The lowest BCUT2D eigenvalue weighted by molar-refractivity contribution is -0.384. The van der Waals surface area contributed by atoms with E-state index in [9.17, 15) is 19.7 Å². The number of aromatic nitrogens is 1. The van der Waals surface area contributed by atoms with Gasteiger partial charge in [0.05, 0.1) is 17.6 Å². The number of nitrogens with one attached hydrogen (secondary N) is 1. The van der Waals surface area contributed by atoms with Gasteiger partial charge < -0.3 is 14.6 Å². The number of amides is 1. The van der Waals surface area contributed by atoms with Crippen molar-refractivity contribution in [2.24, 2.45) is 0 Å². The molecule has 0 spiro atoms. The molecule has 1 heterocycles. The summed E-state index contributed by atoms with van der Waals surface area (Å²) in [6, 6.07) is 4.06. The van der Waals surface area contributed by atoms with Crippen molar-refractivity contribution in [3.8, 4) is 0 Å². The maximum absolute atomic E-state index is 12.7. The van der Waals surface area contributed by atoms with Crippen molar-refractivity contribution in [1.82, 2.24) is 9.88 Å². The molecule has 2 rings (SSSR count). The first-order valence-corrected chi connectivity index (χ1v) is 8.00. The number of aromatic amines is 1. The van der Waals surface area contributed by atoms with Crippen LogP contribution in [0.3, 0.4) is 0 Å². The summed E-state index contributed by atoms with van der Waals surface area (Å²) in [4.78, 5) is 39.3. The molecule has 0 atom stereocenters. The normalized spacial score (nSPS) is 10.5. The summed E-state index contributed by atoms with van der Waals surface area (Å²) in [7, 11) is 2.82. The van der Waals surface area contributed by atoms with Crippen molar-refractivity contribution in [2.75, 3.05) is 14.2 Å². The molecule has 0 bridgehead atoms. The highest BCUT2D eigenvalue weighted by Gasteiger charge is 2.25. The Morgan fingerprint density at radius 1 is 1.35 bits per heavy atom. The number of esters is 1. The van der Waals surface area contributed by atoms with Gasteiger partial charge in [-0.2, -0.15) is 0 Å². The third-order valence-corrected chi connectivity index (χ3v) is 4.40. The first-order chi connectivity index (χ1) is 12.2. The van der Waals surface area contributed by atoms with Crippen LogP contribution in [0, 0.1) is 24.0 Å². The molecule has 1 aromatic heterocycles. The summed E-state index contributed by atoms with van der Waals surface area (Å²) in [5, 5.41) is 11.2. The predicted octanol–water partition coefficient (Wildman–Crippen LogP) is 3.25. The van der Waals surface area contributed by atoms with Gasteiger partial charge in [-0.1, -0.05) is 11.6 Å². The van der Waals surface area contributed by atoms with Gasteiger partial charge in [-0.15, -0.1) is 0 Å². The smallest absolute Gasteiger partial charge is 0.339 e. The highest BCUT2D eigenvalue weighted by Crippen LogP contribution is 2.25. The molecule has 1 N–H and O–H groups in total. The summed E-state index contributed by atoms with van der Waals surface area (Å²) < 4.78 is 4.73. The minimum atomic E-state index is -0.528. The van der Waals surface area contributed by atoms with Crippen molar-refractivity contribution < 1.29 is 19.2 Å². The number of aryl methyl sites for hydroxylation is 1. The average molecular weight is 380 g/mol. The molecular formula is C17H18ClN3O5. The molecule has 0 radical (unpaired) electrons. The molecule has 1 amide bonds. The minimum Gasteiger partial charge on any atom is -0.465 e. The zero-order valence-corrected chi connectivity index (χ0v) is 15.5. The fourth-order valence-electron chi connectivity index (χ4n) is 2.69. The fourth-order valence-corrected chi connectivity index (χ4v) is 2.86. The predicted molar refractivity (Wildman–Crippen MR) is 95.5 cm³/mol. The van der Waals surface area contributed by atoms with Crippen LogP contribution in [0.25, 0.3) is 0 Å². The Balaban J connectivity index is 2.30. The van der Waals surface area contributed by atoms with Gasteiger partial charge >= 0.3 is 5.97 Å². The van der Waals surface area contributed by atoms with Crippen molar-refractivity contribution in [1.29, 1.82) is 0 Å². The number of rotatable bonds is 5. The number of hydrogen-bond donors (Lipinski definition) is 1. The molecule has 1 aromatic carbocycles. The number of benzene rings is 1. The maximum Gasteiger partial charge on any atom is 0.339 e. The van der Waals surface area contributed by atoms with Gasteiger partial charge in [0.25, 0.3) is 11.6 Å². The second-order valence-electron chi connectivity index (χ2n) is 5.81. The average Bonchev–Trinajstić information content (AvgIpc) is 2.89. The first-order valence-electron chi connectivity index (χ1n) is 7.63. The number of non-ortho nitro benzene ring substituents is 1. The molecule has 0 fully saturated rings. The Hall–Kier alpha value is -2.87. The summed E-state index contributed by atoms with van der Waals surface area (Å²) >= 11 is 6.09. The van der Waals surface area contributed by atoms with E-state index in [-0.39, 0.29) is 23.8 Å². The van der Waals surface area contributed by atoms with Gasteiger partial charge in [-0.25, -0.2) is 4.79 Å². The molecule has 0 aliphatic carbocycles. The van der Waals surface area contributed by atoms with Crippen LogP contribution in [0.1, 0.15) is 37.7 Å². The zero-order valence-electron chi connectivity index (χ0n) is 14.8. The molecule has 0 saturated carbocycles. The van der Waals surface area contributed by atoms with Crippen molar-refractivity contribution in [2.45, 2.75) is 20.4 Å². The molecule has 138 valence electrons. The van der Waals surface area contributed by atoms with Crippen LogP contribution in [0.15, 0.2) is 18.2 Å². The molecule has 0 aliphatic heterocycles. The number of nitrogens with zero attached hydrogens (tertiary/aromatic N) is 2. The Morgan fingerprint density at radius 2 is 2.00 bits per heavy atom. The lowest BCUT2D eigenvalue weighted by Gasteiger charge is -2.18. The number of ether oxygens (including phenoxy) is 1. The van der Waals surface area contributed by atoms with Gasteiger partial charge in [0.1, 0.15) is 5.69 Å². The van der Waals surface area contributed by atoms with E-state index in [0.29, 0.717) is 27.4 Å². The van der Waals surface area contributed by atoms with E-state index in [1.54, 1.807) is 20.9 Å². The molecule has 26 heavy (non-hydrogen) atoms. The molecule has 9 heteroatoms. The van der Waals surface area contributed by atoms with E-state index in [1.807, 2.05) is 0 Å². The van der Waals surface area contributed by atoms with Crippen LogP contribution in [0.4, 0.5) is 5.69 Å². The summed E-state index contributed by atoms with van der Waals surface area (Å²) in [5.74, 6) is -0.900. The van der Waals surface area contributed by atoms with Crippen LogP contribution >= 0.6 is 11.6 Å². The topological polar surface area (TPSA) is 106 Å². The summed E-state index contributed by atoms with van der Waals surface area (Å²) in [6.07, 6.45) is 0. The summed E-state index contributed by atoms with van der Waals surface area (Å²) in [6.45, 7) is 3.40.